The molecule has 0 bridgehead atoms. The summed E-state index contributed by atoms with van der Waals surface area (Å²) in [5.41, 5.74) is 4.93. The summed E-state index contributed by atoms with van der Waals surface area (Å²) >= 11 is 0. The molecule has 0 radical (unpaired) electrons. The van der Waals surface area contributed by atoms with Gasteiger partial charge in [0.25, 0.3) is 0 Å². The summed E-state index contributed by atoms with van der Waals surface area (Å²) in [6, 6.07) is 10.6. The summed E-state index contributed by atoms with van der Waals surface area (Å²) in [7, 11) is 1.81. The Hall–Kier alpha value is -3.21. The molecule has 27 heavy (non-hydrogen) atoms. The van der Waals surface area contributed by atoms with E-state index in [0.29, 0.717) is 6.42 Å². The first-order valence-corrected chi connectivity index (χ1v) is 8.81. The average Bonchev–Trinajstić information content (AvgIpc) is 2.65. The molecule has 2 aromatic rings. The number of rotatable bonds is 6. The van der Waals surface area contributed by atoms with Gasteiger partial charge in [0, 0.05) is 25.6 Å². The maximum absolute atomic E-state index is 12.6. The fraction of sp³-hybridized carbons (Fsp3) is 0.227. The molecule has 3 rings (SSSR count). The predicted octanol–water partition coefficient (Wildman–Crippen LogP) is 3.45. The van der Waals surface area contributed by atoms with Gasteiger partial charge in [-0.3, -0.25) is 9.59 Å². The van der Waals surface area contributed by atoms with E-state index in [1.165, 1.54) is 6.07 Å². The van der Waals surface area contributed by atoms with Crippen LogP contribution < -0.4 is 5.32 Å². The largest absolute Gasteiger partial charge is 0.478 e. The highest BCUT2D eigenvalue weighted by atomic mass is 16.4. The van der Waals surface area contributed by atoms with Crippen LogP contribution in [0.1, 0.15) is 39.0 Å². The molecule has 5 heteroatoms. The lowest BCUT2D eigenvalue weighted by atomic mass is 9.86. The van der Waals surface area contributed by atoms with Gasteiger partial charge in [-0.2, -0.15) is 0 Å². The number of carbonyl (C=O) groups is 3. The summed E-state index contributed by atoms with van der Waals surface area (Å²) in [6.07, 6.45) is 2.59. The van der Waals surface area contributed by atoms with Crippen LogP contribution >= 0.6 is 0 Å². The van der Waals surface area contributed by atoms with Crippen LogP contribution in [0.3, 0.4) is 0 Å². The fourth-order valence-electron chi connectivity index (χ4n) is 3.39. The topological polar surface area (TPSA) is 83.5 Å². The van der Waals surface area contributed by atoms with Crippen LogP contribution in [0.15, 0.2) is 42.0 Å². The van der Waals surface area contributed by atoms with Gasteiger partial charge in [0.15, 0.2) is 11.6 Å². The molecule has 0 saturated heterocycles. The summed E-state index contributed by atoms with van der Waals surface area (Å²) in [4.78, 5) is 36.1. The van der Waals surface area contributed by atoms with Crippen molar-refractivity contribution in [3.63, 3.8) is 0 Å². The molecule has 0 unspecified atom stereocenters. The van der Waals surface area contributed by atoms with Crippen molar-refractivity contribution in [1.82, 2.24) is 0 Å². The predicted molar refractivity (Wildman–Crippen MR) is 104 cm³/mol. The van der Waals surface area contributed by atoms with Gasteiger partial charge >= 0.3 is 5.97 Å². The number of carbonyl (C=O) groups excluding carboxylic acids is 2. The smallest absolute Gasteiger partial charge is 0.335 e. The van der Waals surface area contributed by atoms with Gasteiger partial charge in [0.05, 0.1) is 11.1 Å². The Labute approximate surface area is 157 Å². The van der Waals surface area contributed by atoms with E-state index in [9.17, 15) is 14.4 Å². The zero-order valence-electron chi connectivity index (χ0n) is 15.3. The molecule has 0 saturated carbocycles. The van der Waals surface area contributed by atoms with Crippen LogP contribution in [0.5, 0.6) is 0 Å². The molecular formula is C22H21NO4. The Kier molecular flexibility index (Phi) is 5.21. The lowest BCUT2D eigenvalue weighted by Crippen LogP contribution is -2.20. The van der Waals surface area contributed by atoms with Crippen molar-refractivity contribution in [2.45, 2.75) is 26.2 Å². The standard InChI is InChI=1S/C22H21NO4/c1-13-10-16(22(26)27)7-6-14(13)8-9-20(24)18-11-15-4-3-5-19(23-2)17(15)12-21(18)25/h3-7,10-11,23H,8-9,12H2,1-2H3,(H,26,27). The minimum absolute atomic E-state index is 0.159. The Balaban J connectivity index is 1.77. The number of aryl methyl sites for hydroxylation is 2. The van der Waals surface area contributed by atoms with Crippen molar-refractivity contribution in [2.24, 2.45) is 0 Å². The third kappa shape index (κ3) is 3.82. The molecule has 0 aliphatic heterocycles. The number of nitrogens with one attached hydrogen (secondary N) is 1. The lowest BCUT2D eigenvalue weighted by molar-refractivity contribution is -0.121. The van der Waals surface area contributed by atoms with Crippen molar-refractivity contribution in [2.75, 3.05) is 12.4 Å². The summed E-state index contributed by atoms with van der Waals surface area (Å²) in [5.74, 6) is -1.31. The second-order valence-electron chi connectivity index (χ2n) is 6.65. The molecule has 5 nitrogen and oxygen atoms in total. The highest BCUT2D eigenvalue weighted by Crippen LogP contribution is 2.29. The minimum atomic E-state index is -0.974. The third-order valence-corrected chi connectivity index (χ3v) is 4.93. The van der Waals surface area contributed by atoms with E-state index in [2.05, 4.69) is 5.32 Å². The summed E-state index contributed by atoms with van der Waals surface area (Å²) in [6.45, 7) is 1.83. The molecular weight excluding hydrogens is 342 g/mol. The monoisotopic (exact) mass is 363 g/mol. The summed E-state index contributed by atoms with van der Waals surface area (Å²) < 4.78 is 0. The molecule has 0 aromatic heterocycles. The van der Waals surface area contributed by atoms with Gasteiger partial charge in [-0.15, -0.1) is 0 Å². The number of hydrogen-bond acceptors (Lipinski definition) is 4. The first-order valence-electron chi connectivity index (χ1n) is 8.81. The second kappa shape index (κ2) is 7.58. The van der Waals surface area contributed by atoms with Crippen molar-refractivity contribution in [1.29, 1.82) is 0 Å². The maximum atomic E-state index is 12.6. The second-order valence-corrected chi connectivity index (χ2v) is 6.65. The van der Waals surface area contributed by atoms with Crippen molar-refractivity contribution >= 4 is 29.3 Å². The number of aromatic carboxylic acids is 1. The van der Waals surface area contributed by atoms with Crippen LogP contribution in [0.4, 0.5) is 5.69 Å². The van der Waals surface area contributed by atoms with E-state index in [4.69, 9.17) is 5.11 Å². The number of allylic oxidation sites excluding steroid dienone is 1. The molecule has 0 fully saturated rings. The van der Waals surface area contributed by atoms with Crippen LogP contribution in [0.2, 0.25) is 0 Å². The number of benzene rings is 2. The molecule has 2 N–H and O–H groups in total. The van der Waals surface area contributed by atoms with Crippen molar-refractivity contribution < 1.29 is 19.5 Å². The van der Waals surface area contributed by atoms with E-state index in [1.807, 2.05) is 32.2 Å². The van der Waals surface area contributed by atoms with Crippen molar-refractivity contribution in [3.8, 4) is 0 Å². The molecule has 1 aliphatic carbocycles. The van der Waals surface area contributed by atoms with Crippen LogP contribution in [-0.2, 0) is 22.4 Å². The van der Waals surface area contributed by atoms with Gasteiger partial charge in [-0.25, -0.2) is 4.79 Å². The highest BCUT2D eigenvalue weighted by molar-refractivity contribution is 6.25. The zero-order chi connectivity index (χ0) is 19.6. The number of carboxylic acid groups (broad SMARTS) is 1. The van der Waals surface area contributed by atoms with Crippen molar-refractivity contribution in [3.05, 3.63) is 69.8 Å². The Morgan fingerprint density at radius 2 is 1.96 bits per heavy atom. The summed E-state index contributed by atoms with van der Waals surface area (Å²) in [5, 5.41) is 12.1. The van der Waals surface area contributed by atoms with Gasteiger partial charge in [-0.05, 0) is 59.9 Å². The molecule has 0 spiro atoms. The van der Waals surface area contributed by atoms with Gasteiger partial charge in [-0.1, -0.05) is 18.2 Å². The number of anilines is 1. The quantitative estimate of drug-likeness (QED) is 0.768. The normalized spacial score (nSPS) is 13.0. The van der Waals surface area contributed by atoms with E-state index in [1.54, 1.807) is 18.2 Å². The number of carboxylic acids is 1. The third-order valence-electron chi connectivity index (χ3n) is 4.93. The van der Waals surface area contributed by atoms with E-state index in [0.717, 1.165) is 27.9 Å². The van der Waals surface area contributed by atoms with Gasteiger partial charge < -0.3 is 10.4 Å². The molecule has 2 aromatic carbocycles. The lowest BCUT2D eigenvalue weighted by Gasteiger charge is -2.18. The van der Waals surface area contributed by atoms with Crippen LogP contribution in [0.25, 0.3) is 6.08 Å². The molecule has 138 valence electrons. The van der Waals surface area contributed by atoms with E-state index in [-0.39, 0.29) is 35.5 Å². The maximum Gasteiger partial charge on any atom is 0.335 e. The molecule has 1 aliphatic rings. The Morgan fingerprint density at radius 3 is 2.63 bits per heavy atom. The number of Topliss-reactive ketones (excluding diaryl/α,β-unsaturated/α-hetero) is 2. The minimum Gasteiger partial charge on any atom is -0.478 e. The Morgan fingerprint density at radius 1 is 1.19 bits per heavy atom. The number of fused-ring (bicyclic) bond motifs is 1. The fourth-order valence-corrected chi connectivity index (χ4v) is 3.39. The Bertz CT molecular complexity index is 972. The first-order chi connectivity index (χ1) is 12.9. The number of hydrogen-bond donors (Lipinski definition) is 2. The molecule has 0 amide bonds. The van der Waals surface area contributed by atoms with E-state index < -0.39 is 5.97 Å². The molecule has 0 atom stereocenters. The zero-order valence-corrected chi connectivity index (χ0v) is 15.3. The van der Waals surface area contributed by atoms with E-state index >= 15 is 0 Å². The average molecular weight is 363 g/mol. The van der Waals surface area contributed by atoms with Gasteiger partial charge in [0.2, 0.25) is 0 Å². The van der Waals surface area contributed by atoms with Gasteiger partial charge in [0.1, 0.15) is 0 Å². The first kappa shape index (κ1) is 18.6. The van der Waals surface area contributed by atoms with Crippen LogP contribution in [0, 0.1) is 6.92 Å². The van der Waals surface area contributed by atoms with Crippen LogP contribution in [-0.4, -0.2) is 29.7 Å². The SMILES string of the molecule is CNc1cccc2c1CC(=O)C(C(=O)CCc1ccc(C(=O)O)cc1C)=C2. The molecule has 0 heterocycles. The number of ketones is 2. The highest BCUT2D eigenvalue weighted by Gasteiger charge is 2.25.